The molecule has 0 aliphatic heterocycles. The molecule has 0 aliphatic carbocycles. The summed E-state index contributed by atoms with van der Waals surface area (Å²) in [5.74, 6) is -3.83. The molecule has 3 nitrogen and oxygen atoms in total. The third-order valence-corrected chi connectivity index (χ3v) is 1.73. The van der Waals surface area contributed by atoms with Gasteiger partial charge in [0.25, 0.3) is 5.92 Å². The lowest BCUT2D eigenvalue weighted by Crippen LogP contribution is -2.22. The van der Waals surface area contributed by atoms with Crippen LogP contribution >= 0.6 is 0 Å². The van der Waals surface area contributed by atoms with Crippen LogP contribution in [0.25, 0.3) is 0 Å². The molecule has 1 rings (SSSR count). The number of nitrogens with one attached hydrogen (secondary N) is 1. The molecule has 0 heterocycles. The van der Waals surface area contributed by atoms with E-state index in [9.17, 15) is 13.6 Å². The maximum absolute atomic E-state index is 12.5. The molecule has 0 unspecified atom stereocenters. The third-order valence-electron chi connectivity index (χ3n) is 1.73. The fourth-order valence-electron chi connectivity index (χ4n) is 0.988. The van der Waals surface area contributed by atoms with Gasteiger partial charge in [0.15, 0.2) is 0 Å². The first-order chi connectivity index (χ1) is 6.88. The van der Waals surface area contributed by atoms with E-state index in [4.69, 9.17) is 5.11 Å². The van der Waals surface area contributed by atoms with Crippen molar-refractivity contribution in [2.45, 2.75) is 12.8 Å². The molecule has 0 radical (unpaired) electrons. The Morgan fingerprint density at radius 2 is 1.93 bits per heavy atom. The Kier molecular flexibility index (Phi) is 3.24. The minimum Gasteiger partial charge on any atom is -0.478 e. The molecule has 2 N–H and O–H groups in total. The average molecular weight is 215 g/mol. The van der Waals surface area contributed by atoms with Gasteiger partial charge >= 0.3 is 5.97 Å². The maximum atomic E-state index is 12.5. The van der Waals surface area contributed by atoms with Crippen molar-refractivity contribution in [1.82, 2.24) is 0 Å². The normalized spacial score (nSPS) is 11.1. The molecule has 0 saturated carbocycles. The van der Waals surface area contributed by atoms with Gasteiger partial charge in [-0.1, -0.05) is 0 Å². The Balaban J connectivity index is 2.61. The number of hydrogen-bond acceptors (Lipinski definition) is 2. The zero-order chi connectivity index (χ0) is 11.5. The molecule has 0 aromatic heterocycles. The van der Waals surface area contributed by atoms with Crippen LogP contribution in [0.4, 0.5) is 14.5 Å². The monoisotopic (exact) mass is 215 g/mol. The standard InChI is InChI=1S/C10H11F2NO2/c1-10(11,12)6-13-8-4-2-7(3-5-8)9(14)15/h2-5,13H,6H2,1H3,(H,14,15). The molecule has 82 valence electrons. The van der Waals surface area contributed by atoms with Crippen LogP contribution in [0.15, 0.2) is 24.3 Å². The van der Waals surface area contributed by atoms with Gasteiger partial charge in [0, 0.05) is 12.6 Å². The molecule has 15 heavy (non-hydrogen) atoms. The Morgan fingerprint density at radius 1 is 1.40 bits per heavy atom. The lowest BCUT2D eigenvalue weighted by Gasteiger charge is -2.12. The Labute approximate surface area is 85.7 Å². The van der Waals surface area contributed by atoms with E-state index < -0.39 is 18.4 Å². The summed E-state index contributed by atoms with van der Waals surface area (Å²) in [6.07, 6.45) is 0. The largest absolute Gasteiger partial charge is 0.478 e. The molecule has 0 atom stereocenters. The van der Waals surface area contributed by atoms with E-state index in [2.05, 4.69) is 5.32 Å². The van der Waals surface area contributed by atoms with Gasteiger partial charge in [-0.15, -0.1) is 0 Å². The van der Waals surface area contributed by atoms with Crippen molar-refractivity contribution in [1.29, 1.82) is 0 Å². The Hall–Kier alpha value is -1.65. The van der Waals surface area contributed by atoms with Gasteiger partial charge in [0.05, 0.1) is 12.1 Å². The van der Waals surface area contributed by atoms with Gasteiger partial charge in [0.1, 0.15) is 0 Å². The van der Waals surface area contributed by atoms with Crippen LogP contribution in [0.2, 0.25) is 0 Å². The van der Waals surface area contributed by atoms with Crippen LogP contribution in [0.3, 0.4) is 0 Å². The lowest BCUT2D eigenvalue weighted by molar-refractivity contribution is 0.0367. The predicted molar refractivity (Wildman–Crippen MR) is 52.5 cm³/mol. The molecule has 0 saturated heterocycles. The van der Waals surface area contributed by atoms with Crippen molar-refractivity contribution in [2.75, 3.05) is 11.9 Å². The summed E-state index contributed by atoms with van der Waals surface area (Å²) >= 11 is 0. The number of carbonyl (C=O) groups is 1. The van der Waals surface area contributed by atoms with Gasteiger partial charge in [0.2, 0.25) is 0 Å². The molecule has 1 aromatic rings. The first kappa shape index (κ1) is 11.4. The average Bonchev–Trinajstić information content (AvgIpc) is 2.14. The second kappa shape index (κ2) is 4.25. The van der Waals surface area contributed by atoms with E-state index in [1.54, 1.807) is 0 Å². The minimum absolute atomic E-state index is 0.129. The summed E-state index contributed by atoms with van der Waals surface area (Å²) in [7, 11) is 0. The molecular weight excluding hydrogens is 204 g/mol. The highest BCUT2D eigenvalue weighted by molar-refractivity contribution is 5.87. The zero-order valence-electron chi connectivity index (χ0n) is 8.13. The van der Waals surface area contributed by atoms with Gasteiger partial charge in [-0.05, 0) is 24.3 Å². The number of aromatic carboxylic acids is 1. The smallest absolute Gasteiger partial charge is 0.335 e. The van der Waals surface area contributed by atoms with Crippen molar-refractivity contribution in [2.24, 2.45) is 0 Å². The van der Waals surface area contributed by atoms with Crippen molar-refractivity contribution < 1.29 is 18.7 Å². The molecule has 5 heteroatoms. The second-order valence-corrected chi connectivity index (χ2v) is 3.31. The maximum Gasteiger partial charge on any atom is 0.335 e. The van der Waals surface area contributed by atoms with E-state index in [-0.39, 0.29) is 5.56 Å². The number of alkyl halides is 2. The van der Waals surface area contributed by atoms with E-state index in [0.29, 0.717) is 5.69 Å². The van der Waals surface area contributed by atoms with Crippen LogP contribution < -0.4 is 5.32 Å². The van der Waals surface area contributed by atoms with Crippen LogP contribution in [-0.4, -0.2) is 23.5 Å². The fourth-order valence-corrected chi connectivity index (χ4v) is 0.988. The predicted octanol–water partition coefficient (Wildman–Crippen LogP) is 2.45. The van der Waals surface area contributed by atoms with Crippen molar-refractivity contribution in [3.05, 3.63) is 29.8 Å². The molecule has 0 amide bonds. The number of carboxylic acid groups (broad SMARTS) is 1. The van der Waals surface area contributed by atoms with Crippen LogP contribution in [0.5, 0.6) is 0 Å². The lowest BCUT2D eigenvalue weighted by atomic mass is 10.2. The summed E-state index contributed by atoms with van der Waals surface area (Å²) in [5, 5.41) is 11.1. The Bertz CT molecular complexity index is 343. The highest BCUT2D eigenvalue weighted by atomic mass is 19.3. The number of benzene rings is 1. The summed E-state index contributed by atoms with van der Waals surface area (Å²) in [6, 6.07) is 5.63. The van der Waals surface area contributed by atoms with Crippen LogP contribution in [0.1, 0.15) is 17.3 Å². The zero-order valence-corrected chi connectivity index (χ0v) is 8.13. The van der Waals surface area contributed by atoms with Crippen molar-refractivity contribution in [3.8, 4) is 0 Å². The highest BCUT2D eigenvalue weighted by Gasteiger charge is 2.20. The number of anilines is 1. The van der Waals surface area contributed by atoms with Gasteiger partial charge < -0.3 is 10.4 Å². The second-order valence-electron chi connectivity index (χ2n) is 3.31. The van der Waals surface area contributed by atoms with Crippen LogP contribution in [0, 0.1) is 0 Å². The van der Waals surface area contributed by atoms with E-state index in [1.807, 2.05) is 0 Å². The third kappa shape index (κ3) is 3.93. The van der Waals surface area contributed by atoms with E-state index in [1.165, 1.54) is 24.3 Å². The minimum atomic E-state index is -2.79. The SMILES string of the molecule is CC(F)(F)CNc1ccc(C(=O)O)cc1. The summed E-state index contributed by atoms with van der Waals surface area (Å²) in [5.41, 5.74) is 0.602. The van der Waals surface area contributed by atoms with Crippen molar-refractivity contribution >= 4 is 11.7 Å². The van der Waals surface area contributed by atoms with Gasteiger partial charge in [-0.3, -0.25) is 0 Å². The summed E-state index contributed by atoms with van der Waals surface area (Å²) < 4.78 is 24.9. The van der Waals surface area contributed by atoms with Crippen molar-refractivity contribution in [3.63, 3.8) is 0 Å². The van der Waals surface area contributed by atoms with Gasteiger partial charge in [-0.2, -0.15) is 0 Å². The first-order valence-corrected chi connectivity index (χ1v) is 4.33. The van der Waals surface area contributed by atoms with E-state index in [0.717, 1.165) is 6.92 Å². The highest BCUT2D eigenvalue weighted by Crippen LogP contribution is 2.14. The summed E-state index contributed by atoms with van der Waals surface area (Å²) in [6.45, 7) is 0.338. The fraction of sp³-hybridized carbons (Fsp3) is 0.300. The van der Waals surface area contributed by atoms with E-state index >= 15 is 0 Å². The van der Waals surface area contributed by atoms with Gasteiger partial charge in [-0.25, -0.2) is 13.6 Å². The molecular formula is C10H11F2NO2. The van der Waals surface area contributed by atoms with Crippen LogP contribution in [-0.2, 0) is 0 Å². The quantitative estimate of drug-likeness (QED) is 0.811. The first-order valence-electron chi connectivity index (χ1n) is 4.33. The molecule has 0 aliphatic rings. The molecule has 0 fully saturated rings. The molecule has 0 bridgehead atoms. The number of carboxylic acids is 1. The number of hydrogen-bond donors (Lipinski definition) is 2. The molecule has 1 aromatic carbocycles. The molecule has 0 spiro atoms. The Morgan fingerprint density at radius 3 is 2.33 bits per heavy atom. The number of halogens is 2. The summed E-state index contributed by atoms with van der Waals surface area (Å²) in [4.78, 5) is 10.5. The number of rotatable bonds is 4. The topological polar surface area (TPSA) is 49.3 Å².